The number of hydrogen-bond donors (Lipinski definition) is 1. The summed E-state index contributed by atoms with van der Waals surface area (Å²) in [4.78, 5) is 12.7. The minimum atomic E-state index is 0.403. The lowest BCUT2D eigenvalue weighted by Gasteiger charge is -2.18. The van der Waals surface area contributed by atoms with Crippen LogP contribution in [0.2, 0.25) is 5.02 Å². The second-order valence-corrected chi connectivity index (χ2v) is 4.26. The smallest absolute Gasteiger partial charge is 0.214 e. The summed E-state index contributed by atoms with van der Waals surface area (Å²) in [6.45, 7) is 0.403. The van der Waals surface area contributed by atoms with Gasteiger partial charge in [-0.05, 0) is 35.9 Å². The number of carbonyl (C=O) groups excluding carboxylic acids is 1. The van der Waals surface area contributed by atoms with Crippen molar-refractivity contribution < 1.29 is 4.79 Å². The maximum atomic E-state index is 11.2. The lowest BCUT2D eigenvalue weighted by atomic mass is 10.2. The molecule has 0 aromatic heterocycles. The molecule has 0 aliphatic rings. The van der Waals surface area contributed by atoms with Crippen LogP contribution in [0.25, 0.3) is 0 Å². The maximum absolute atomic E-state index is 11.2. The molecular formula is C14H12ClN2O. The van der Waals surface area contributed by atoms with Crippen LogP contribution in [0.1, 0.15) is 5.56 Å². The minimum Gasteiger partial charge on any atom is -0.399 e. The average Bonchev–Trinajstić information content (AvgIpc) is 2.38. The molecule has 2 N–H and O–H groups in total. The zero-order valence-corrected chi connectivity index (χ0v) is 10.4. The summed E-state index contributed by atoms with van der Waals surface area (Å²) in [6.07, 6.45) is 0.756. The van der Waals surface area contributed by atoms with Gasteiger partial charge in [-0.2, -0.15) is 0 Å². The molecular weight excluding hydrogens is 248 g/mol. The van der Waals surface area contributed by atoms with Gasteiger partial charge < -0.3 is 10.6 Å². The molecule has 0 aliphatic heterocycles. The number of carbonyl (C=O) groups is 1. The van der Waals surface area contributed by atoms with E-state index in [4.69, 9.17) is 17.3 Å². The second-order valence-electron chi connectivity index (χ2n) is 3.85. The number of rotatable bonds is 4. The van der Waals surface area contributed by atoms with Crippen molar-refractivity contribution in [3.05, 3.63) is 59.1 Å². The Labute approximate surface area is 111 Å². The molecule has 3 nitrogen and oxygen atoms in total. The van der Waals surface area contributed by atoms with E-state index in [1.807, 2.05) is 18.2 Å². The molecule has 2 rings (SSSR count). The molecule has 4 heteroatoms. The first-order chi connectivity index (χ1) is 8.70. The van der Waals surface area contributed by atoms with Gasteiger partial charge in [-0.3, -0.25) is 4.79 Å². The Hall–Kier alpha value is -2.00. The summed E-state index contributed by atoms with van der Waals surface area (Å²) in [5.41, 5.74) is 7.82. The Morgan fingerprint density at radius 3 is 2.78 bits per heavy atom. The highest BCUT2D eigenvalue weighted by molar-refractivity contribution is 6.31. The SMILES string of the molecule is Nc1c[c]cc(N(C=O)Cc2ccccc2Cl)c1. The monoisotopic (exact) mass is 259 g/mol. The van der Waals surface area contributed by atoms with Gasteiger partial charge in [-0.15, -0.1) is 0 Å². The van der Waals surface area contributed by atoms with Crippen molar-refractivity contribution in [3.8, 4) is 0 Å². The van der Waals surface area contributed by atoms with E-state index in [1.165, 1.54) is 4.90 Å². The summed E-state index contributed by atoms with van der Waals surface area (Å²) in [6, 6.07) is 15.4. The van der Waals surface area contributed by atoms with Gasteiger partial charge in [0.25, 0.3) is 0 Å². The van der Waals surface area contributed by atoms with Crippen LogP contribution >= 0.6 is 11.6 Å². The summed E-state index contributed by atoms with van der Waals surface area (Å²) in [5.74, 6) is 0. The van der Waals surface area contributed by atoms with Crippen molar-refractivity contribution in [3.63, 3.8) is 0 Å². The Morgan fingerprint density at radius 1 is 1.33 bits per heavy atom. The molecule has 0 atom stereocenters. The van der Waals surface area contributed by atoms with Crippen LogP contribution in [-0.4, -0.2) is 6.41 Å². The summed E-state index contributed by atoms with van der Waals surface area (Å²) in [7, 11) is 0. The third-order valence-electron chi connectivity index (χ3n) is 2.55. The topological polar surface area (TPSA) is 46.3 Å². The predicted molar refractivity (Wildman–Crippen MR) is 73.4 cm³/mol. The van der Waals surface area contributed by atoms with Gasteiger partial charge in [0, 0.05) is 16.4 Å². The van der Waals surface area contributed by atoms with Gasteiger partial charge in [0.15, 0.2) is 0 Å². The van der Waals surface area contributed by atoms with Crippen LogP contribution in [0.4, 0.5) is 11.4 Å². The van der Waals surface area contributed by atoms with Crippen molar-refractivity contribution in [2.75, 3.05) is 10.6 Å². The van der Waals surface area contributed by atoms with Gasteiger partial charge in [0.05, 0.1) is 6.54 Å². The molecule has 1 radical (unpaired) electrons. The van der Waals surface area contributed by atoms with E-state index in [0.29, 0.717) is 22.9 Å². The van der Waals surface area contributed by atoms with Gasteiger partial charge in [0.2, 0.25) is 6.41 Å². The third kappa shape index (κ3) is 2.81. The predicted octanol–water partition coefficient (Wildman–Crippen LogP) is 2.89. The Kier molecular flexibility index (Phi) is 3.85. The number of nitrogens with two attached hydrogens (primary N) is 1. The Balaban J connectivity index is 2.25. The molecule has 0 saturated carbocycles. The Bertz CT molecular complexity index is 557. The fourth-order valence-electron chi connectivity index (χ4n) is 1.64. The molecule has 0 bridgehead atoms. The fourth-order valence-corrected chi connectivity index (χ4v) is 1.84. The molecule has 2 aromatic rings. The fraction of sp³-hybridized carbons (Fsp3) is 0.0714. The zero-order valence-electron chi connectivity index (χ0n) is 9.64. The molecule has 0 saturated heterocycles. The van der Waals surface area contributed by atoms with E-state index in [-0.39, 0.29) is 0 Å². The first-order valence-corrected chi connectivity index (χ1v) is 5.80. The van der Waals surface area contributed by atoms with Crippen molar-refractivity contribution in [1.82, 2.24) is 0 Å². The van der Waals surface area contributed by atoms with E-state index >= 15 is 0 Å². The van der Waals surface area contributed by atoms with Gasteiger partial charge in [-0.1, -0.05) is 29.8 Å². The first-order valence-electron chi connectivity index (χ1n) is 5.42. The van der Waals surface area contributed by atoms with Crippen molar-refractivity contribution >= 4 is 29.4 Å². The van der Waals surface area contributed by atoms with Crippen LogP contribution in [0.3, 0.4) is 0 Å². The van der Waals surface area contributed by atoms with Crippen LogP contribution in [0, 0.1) is 6.07 Å². The van der Waals surface area contributed by atoms with Gasteiger partial charge in [0.1, 0.15) is 0 Å². The molecule has 0 fully saturated rings. The molecule has 0 spiro atoms. The standard InChI is InChI=1S/C14H12ClN2O/c15-14-7-2-1-4-11(14)9-17(10-18)13-6-3-5-12(16)8-13/h1-2,4-8,10H,9,16H2. The molecule has 0 aliphatic carbocycles. The average molecular weight is 260 g/mol. The Morgan fingerprint density at radius 2 is 2.11 bits per heavy atom. The largest absolute Gasteiger partial charge is 0.399 e. The first kappa shape index (κ1) is 12.5. The molecule has 18 heavy (non-hydrogen) atoms. The minimum absolute atomic E-state index is 0.403. The van der Waals surface area contributed by atoms with Crippen LogP contribution in [0.5, 0.6) is 0 Å². The highest BCUT2D eigenvalue weighted by Crippen LogP contribution is 2.21. The summed E-state index contributed by atoms with van der Waals surface area (Å²) < 4.78 is 0. The molecule has 2 aromatic carbocycles. The second kappa shape index (κ2) is 5.56. The van der Waals surface area contributed by atoms with E-state index in [1.54, 1.807) is 24.3 Å². The van der Waals surface area contributed by atoms with Crippen molar-refractivity contribution in [2.45, 2.75) is 6.54 Å². The van der Waals surface area contributed by atoms with E-state index in [2.05, 4.69) is 6.07 Å². The lowest BCUT2D eigenvalue weighted by Crippen LogP contribution is -2.20. The van der Waals surface area contributed by atoms with E-state index in [0.717, 1.165) is 12.0 Å². The highest BCUT2D eigenvalue weighted by Gasteiger charge is 2.08. The van der Waals surface area contributed by atoms with E-state index < -0.39 is 0 Å². The summed E-state index contributed by atoms with van der Waals surface area (Å²) >= 11 is 6.07. The lowest BCUT2D eigenvalue weighted by molar-refractivity contribution is -0.107. The molecule has 0 heterocycles. The number of anilines is 2. The number of hydrogen-bond acceptors (Lipinski definition) is 2. The number of nitrogen functional groups attached to an aromatic ring is 1. The molecule has 1 amide bonds. The molecule has 91 valence electrons. The van der Waals surface area contributed by atoms with Crippen molar-refractivity contribution in [1.29, 1.82) is 0 Å². The van der Waals surface area contributed by atoms with Crippen LogP contribution in [0.15, 0.2) is 42.5 Å². The van der Waals surface area contributed by atoms with E-state index in [9.17, 15) is 4.79 Å². The number of halogens is 1. The quantitative estimate of drug-likeness (QED) is 0.678. The normalized spacial score (nSPS) is 10.1. The maximum Gasteiger partial charge on any atom is 0.214 e. The van der Waals surface area contributed by atoms with Gasteiger partial charge >= 0.3 is 0 Å². The molecule has 0 unspecified atom stereocenters. The van der Waals surface area contributed by atoms with Gasteiger partial charge in [-0.25, -0.2) is 0 Å². The third-order valence-corrected chi connectivity index (χ3v) is 2.92. The van der Waals surface area contributed by atoms with Crippen molar-refractivity contribution in [2.24, 2.45) is 0 Å². The van der Waals surface area contributed by atoms with Crippen LogP contribution < -0.4 is 10.6 Å². The number of amides is 1. The highest BCUT2D eigenvalue weighted by atomic mass is 35.5. The zero-order chi connectivity index (χ0) is 13.0. The van der Waals surface area contributed by atoms with Crippen LogP contribution in [-0.2, 0) is 11.3 Å². The number of nitrogens with zero attached hydrogens (tertiary/aromatic N) is 1. The number of benzene rings is 2. The summed E-state index contributed by atoms with van der Waals surface area (Å²) in [5, 5.41) is 0.636.